The van der Waals surface area contributed by atoms with E-state index in [4.69, 9.17) is 14.6 Å². The second-order valence-corrected chi connectivity index (χ2v) is 6.82. The predicted octanol–water partition coefficient (Wildman–Crippen LogP) is 1.41. The van der Waals surface area contributed by atoms with E-state index in [9.17, 15) is 13.2 Å². The number of hydrogen-bond acceptors (Lipinski definition) is 5. The van der Waals surface area contributed by atoms with Gasteiger partial charge in [0.1, 0.15) is 11.3 Å². The maximum absolute atomic E-state index is 12.5. The van der Waals surface area contributed by atoms with E-state index >= 15 is 0 Å². The summed E-state index contributed by atoms with van der Waals surface area (Å²) in [7, 11) is -2.56. The molecule has 7 nitrogen and oxygen atoms in total. The topological polar surface area (TPSA) is 102 Å². The molecule has 126 valence electrons. The monoisotopic (exact) mass is 341 g/mol. The Morgan fingerprint density at radius 2 is 2.26 bits per heavy atom. The van der Waals surface area contributed by atoms with Gasteiger partial charge in [-0.05, 0) is 31.0 Å². The first kappa shape index (κ1) is 17.5. The molecule has 2 atom stereocenters. The number of nitrogens with one attached hydrogen (secondary N) is 1. The number of hydrogen-bond donors (Lipinski definition) is 2. The summed E-state index contributed by atoms with van der Waals surface area (Å²) in [5, 5.41) is 9.16. The Morgan fingerprint density at radius 1 is 1.52 bits per heavy atom. The summed E-state index contributed by atoms with van der Waals surface area (Å²) in [6, 6.07) is 3.28. The zero-order valence-electron chi connectivity index (χ0n) is 12.7. The zero-order valence-corrected chi connectivity index (χ0v) is 13.5. The Balaban J connectivity index is 2.30. The van der Waals surface area contributed by atoms with Gasteiger partial charge in [0.05, 0.1) is 24.2 Å². The van der Waals surface area contributed by atoms with E-state index in [1.165, 1.54) is 19.2 Å². The standard InChI is InChI=1S/C15H19NO6S/c1-3-13-12(5-4-8-22-13)16-23(19,20)10-6-7-14(21-2)11(9-10)15(17)18/h3,6-7,9,12-13,16H,1,4-5,8H2,2H3,(H,17,18)/t12-,13+/m1/s1. The van der Waals surface area contributed by atoms with Crippen molar-refractivity contribution in [2.45, 2.75) is 29.9 Å². The average Bonchev–Trinajstić information content (AvgIpc) is 2.54. The number of ether oxygens (including phenoxy) is 2. The molecule has 1 aliphatic heterocycles. The summed E-state index contributed by atoms with van der Waals surface area (Å²) in [6.45, 7) is 4.20. The lowest BCUT2D eigenvalue weighted by Gasteiger charge is -2.30. The Labute approximate surface area is 135 Å². The third kappa shape index (κ3) is 3.90. The second-order valence-electron chi connectivity index (χ2n) is 5.11. The molecule has 1 saturated heterocycles. The van der Waals surface area contributed by atoms with E-state index in [0.29, 0.717) is 13.0 Å². The number of carboxylic acids is 1. The summed E-state index contributed by atoms with van der Waals surface area (Å²) in [5.74, 6) is -1.16. The normalized spacial score (nSPS) is 21.6. The lowest BCUT2D eigenvalue weighted by Crippen LogP contribution is -2.46. The molecule has 0 radical (unpaired) electrons. The van der Waals surface area contributed by atoms with E-state index in [-0.39, 0.29) is 16.2 Å². The van der Waals surface area contributed by atoms with Gasteiger partial charge >= 0.3 is 5.97 Å². The minimum Gasteiger partial charge on any atom is -0.496 e. The molecule has 1 aliphatic rings. The van der Waals surface area contributed by atoms with Crippen molar-refractivity contribution in [3.8, 4) is 5.75 Å². The van der Waals surface area contributed by atoms with Gasteiger partial charge in [0.15, 0.2) is 0 Å². The van der Waals surface area contributed by atoms with Crippen molar-refractivity contribution in [2.75, 3.05) is 13.7 Å². The van der Waals surface area contributed by atoms with Gasteiger partial charge in [-0.15, -0.1) is 6.58 Å². The zero-order chi connectivity index (χ0) is 17.0. The maximum Gasteiger partial charge on any atom is 0.339 e. The fraction of sp³-hybridized carbons (Fsp3) is 0.400. The van der Waals surface area contributed by atoms with Crippen LogP contribution < -0.4 is 9.46 Å². The smallest absolute Gasteiger partial charge is 0.339 e. The Kier molecular flexibility index (Phi) is 5.40. The van der Waals surface area contributed by atoms with Crippen LogP contribution in [0, 0.1) is 0 Å². The average molecular weight is 341 g/mol. The second kappa shape index (κ2) is 7.12. The fourth-order valence-electron chi connectivity index (χ4n) is 2.45. The third-order valence-corrected chi connectivity index (χ3v) is 5.10. The van der Waals surface area contributed by atoms with Crippen LogP contribution in [0.4, 0.5) is 0 Å². The van der Waals surface area contributed by atoms with Crippen LogP contribution >= 0.6 is 0 Å². The highest BCUT2D eigenvalue weighted by atomic mass is 32.2. The van der Waals surface area contributed by atoms with Crippen molar-refractivity contribution in [1.29, 1.82) is 0 Å². The first-order valence-electron chi connectivity index (χ1n) is 7.07. The number of rotatable bonds is 6. The molecule has 1 heterocycles. The predicted molar refractivity (Wildman–Crippen MR) is 83.2 cm³/mol. The van der Waals surface area contributed by atoms with E-state index in [1.807, 2.05) is 0 Å². The maximum atomic E-state index is 12.5. The SMILES string of the molecule is C=C[C@@H]1OCCC[C@H]1NS(=O)(=O)c1ccc(OC)c(C(=O)O)c1. The van der Waals surface area contributed by atoms with Gasteiger partial charge in [0, 0.05) is 6.61 Å². The minimum absolute atomic E-state index is 0.0985. The van der Waals surface area contributed by atoms with E-state index < -0.39 is 28.1 Å². The molecule has 0 spiro atoms. The van der Waals surface area contributed by atoms with Crippen LogP contribution in [-0.4, -0.2) is 45.4 Å². The number of methoxy groups -OCH3 is 1. The third-order valence-electron chi connectivity index (χ3n) is 3.62. The first-order valence-corrected chi connectivity index (χ1v) is 8.55. The molecule has 0 unspecified atom stereocenters. The minimum atomic E-state index is -3.88. The van der Waals surface area contributed by atoms with Gasteiger partial charge < -0.3 is 14.6 Å². The van der Waals surface area contributed by atoms with Gasteiger partial charge in [-0.1, -0.05) is 6.08 Å². The van der Waals surface area contributed by atoms with E-state index in [1.54, 1.807) is 6.08 Å². The number of aromatic carboxylic acids is 1. The van der Waals surface area contributed by atoms with Crippen LogP contribution in [0.3, 0.4) is 0 Å². The lowest BCUT2D eigenvalue weighted by molar-refractivity contribution is 0.0274. The van der Waals surface area contributed by atoms with Crippen molar-refractivity contribution in [3.05, 3.63) is 36.4 Å². The molecule has 1 fully saturated rings. The fourth-order valence-corrected chi connectivity index (χ4v) is 3.76. The van der Waals surface area contributed by atoms with E-state index in [2.05, 4.69) is 11.3 Å². The highest BCUT2D eigenvalue weighted by Gasteiger charge is 2.29. The molecule has 8 heteroatoms. The summed E-state index contributed by atoms with van der Waals surface area (Å²) >= 11 is 0. The lowest BCUT2D eigenvalue weighted by atomic mass is 10.0. The van der Waals surface area contributed by atoms with Gasteiger partial charge in [-0.2, -0.15) is 0 Å². The number of carbonyl (C=O) groups is 1. The summed E-state index contributed by atoms with van der Waals surface area (Å²) in [4.78, 5) is 11.1. The van der Waals surface area contributed by atoms with Crippen molar-refractivity contribution in [2.24, 2.45) is 0 Å². The van der Waals surface area contributed by atoms with Crippen LogP contribution in [0.5, 0.6) is 5.75 Å². The van der Waals surface area contributed by atoms with Crippen molar-refractivity contribution in [1.82, 2.24) is 4.72 Å². The molecule has 0 saturated carbocycles. The molecule has 1 aromatic rings. The molecular weight excluding hydrogens is 322 g/mol. The molecule has 0 aromatic heterocycles. The quantitative estimate of drug-likeness (QED) is 0.759. The highest BCUT2D eigenvalue weighted by molar-refractivity contribution is 7.89. The van der Waals surface area contributed by atoms with Gasteiger partial charge in [0.25, 0.3) is 0 Å². The van der Waals surface area contributed by atoms with Crippen molar-refractivity contribution < 1.29 is 27.8 Å². The van der Waals surface area contributed by atoms with Crippen LogP contribution in [0.1, 0.15) is 23.2 Å². The number of benzene rings is 1. The molecule has 1 aromatic carbocycles. The van der Waals surface area contributed by atoms with Gasteiger partial charge in [-0.25, -0.2) is 17.9 Å². The molecule has 2 rings (SSSR count). The highest BCUT2D eigenvalue weighted by Crippen LogP contribution is 2.24. The summed E-state index contributed by atoms with van der Waals surface area (Å²) < 4.78 is 38.0. The number of sulfonamides is 1. The largest absolute Gasteiger partial charge is 0.496 e. The molecule has 0 bridgehead atoms. The summed E-state index contributed by atoms with van der Waals surface area (Å²) in [6.07, 6.45) is 2.51. The van der Waals surface area contributed by atoms with Gasteiger partial charge in [0.2, 0.25) is 10.0 Å². The van der Waals surface area contributed by atoms with Gasteiger partial charge in [-0.3, -0.25) is 0 Å². The number of carboxylic acid groups (broad SMARTS) is 1. The Morgan fingerprint density at radius 3 is 2.87 bits per heavy atom. The molecular formula is C15H19NO6S. The summed E-state index contributed by atoms with van der Waals surface area (Å²) in [5.41, 5.74) is -0.212. The first-order chi connectivity index (χ1) is 10.9. The molecule has 23 heavy (non-hydrogen) atoms. The van der Waals surface area contributed by atoms with Crippen LogP contribution in [0.25, 0.3) is 0 Å². The van der Waals surface area contributed by atoms with Crippen LogP contribution in [-0.2, 0) is 14.8 Å². The van der Waals surface area contributed by atoms with E-state index in [0.717, 1.165) is 12.5 Å². The van der Waals surface area contributed by atoms with Crippen molar-refractivity contribution >= 4 is 16.0 Å². The molecule has 0 aliphatic carbocycles. The Hall–Kier alpha value is -1.90. The van der Waals surface area contributed by atoms with Crippen LogP contribution in [0.15, 0.2) is 35.7 Å². The van der Waals surface area contributed by atoms with Crippen molar-refractivity contribution in [3.63, 3.8) is 0 Å². The van der Waals surface area contributed by atoms with Crippen LogP contribution in [0.2, 0.25) is 0 Å². The Bertz CT molecular complexity index is 700. The molecule has 0 amide bonds. The molecule has 2 N–H and O–H groups in total.